The number of alkyl halides is 3. The maximum absolute atomic E-state index is 14.8. The van der Waals surface area contributed by atoms with Gasteiger partial charge in [0.25, 0.3) is 5.56 Å². The van der Waals surface area contributed by atoms with Crippen LogP contribution in [0.1, 0.15) is 62.3 Å². The Bertz CT molecular complexity index is 1650. The molecule has 4 atom stereocenters. The second-order valence-electron chi connectivity index (χ2n) is 10.9. The topological polar surface area (TPSA) is 74.5 Å². The fourth-order valence-corrected chi connectivity index (χ4v) is 6.03. The molecule has 1 heterocycles. The van der Waals surface area contributed by atoms with Gasteiger partial charge < -0.3 is 15.5 Å². The second kappa shape index (κ2) is 9.85. The highest BCUT2D eigenvalue weighted by Gasteiger charge is 2.65. The van der Waals surface area contributed by atoms with Crippen LogP contribution in [0.2, 0.25) is 5.02 Å². The molecule has 40 heavy (non-hydrogen) atoms. The Morgan fingerprint density at radius 2 is 1.70 bits per heavy atom. The number of rotatable bonds is 4. The average molecular weight is 571 g/mol. The van der Waals surface area contributed by atoms with Crippen LogP contribution in [0, 0.1) is 5.92 Å². The number of aromatic hydroxyl groups is 1. The minimum Gasteiger partial charge on any atom is -0.508 e. The largest absolute Gasteiger partial charge is 0.508 e. The summed E-state index contributed by atoms with van der Waals surface area (Å²) in [6.45, 7) is 6.71. The molecule has 1 aromatic heterocycles. The van der Waals surface area contributed by atoms with E-state index in [1.165, 1.54) is 17.6 Å². The first-order valence-corrected chi connectivity index (χ1v) is 13.5. The highest BCUT2D eigenvalue weighted by molar-refractivity contribution is 6.30. The van der Waals surface area contributed by atoms with Crippen LogP contribution in [0.15, 0.2) is 71.5 Å². The van der Waals surface area contributed by atoms with E-state index in [1.807, 2.05) is 13.8 Å². The number of pyridine rings is 1. The summed E-state index contributed by atoms with van der Waals surface area (Å²) < 4.78 is 45.9. The maximum Gasteiger partial charge on any atom is 0.419 e. The predicted octanol–water partition coefficient (Wildman–Crippen LogP) is 7.67. The van der Waals surface area contributed by atoms with E-state index in [0.29, 0.717) is 38.4 Å². The molecule has 210 valence electrons. The molecule has 5 nitrogen and oxygen atoms in total. The monoisotopic (exact) mass is 570 g/mol. The normalized spacial score (nSPS) is 22.9. The van der Waals surface area contributed by atoms with Crippen LogP contribution in [0.5, 0.6) is 5.75 Å². The van der Waals surface area contributed by atoms with Crippen molar-refractivity contribution in [3.05, 3.63) is 98.8 Å². The Morgan fingerprint density at radius 3 is 2.33 bits per heavy atom. The SMILES string of the molecule is CC(C)c1cc(O)c2c(c1)[C@@H](Nc1cccc3c1ccc(=O)n3-c1ccc(Cl)cc1)[C@](O)(C(F)(F)F)[C@H](C)[C@@H]2C. The standard InChI is InChI=1S/C31H30ClF3N2O3/c1-16(2)19-14-23-28(26(38)15-19)17(3)18(4)30(40,31(33,34)35)29(23)36-24-6-5-7-25-22(24)12-13-27(39)37(25)21-10-8-20(32)9-11-21/h5-18,29,36,38,40H,1-4H3/t17-,18+,29+,30-/m0/s1. The van der Waals surface area contributed by atoms with Gasteiger partial charge in [0.2, 0.25) is 0 Å². The van der Waals surface area contributed by atoms with Gasteiger partial charge in [-0.3, -0.25) is 9.36 Å². The number of aromatic nitrogens is 1. The van der Waals surface area contributed by atoms with Crippen LogP contribution >= 0.6 is 11.6 Å². The van der Waals surface area contributed by atoms with E-state index in [1.54, 1.807) is 67.6 Å². The van der Waals surface area contributed by atoms with Crippen molar-refractivity contribution >= 4 is 28.2 Å². The second-order valence-corrected chi connectivity index (χ2v) is 11.3. The number of fused-ring (bicyclic) bond motifs is 2. The molecule has 0 amide bonds. The Kier molecular flexibility index (Phi) is 6.91. The van der Waals surface area contributed by atoms with Crippen molar-refractivity contribution in [1.82, 2.24) is 4.57 Å². The Balaban J connectivity index is 1.75. The first-order valence-electron chi connectivity index (χ1n) is 13.1. The minimum atomic E-state index is -4.99. The molecule has 0 saturated carbocycles. The highest BCUT2D eigenvalue weighted by Crippen LogP contribution is 2.57. The van der Waals surface area contributed by atoms with E-state index in [4.69, 9.17) is 11.6 Å². The third-order valence-electron chi connectivity index (χ3n) is 8.31. The Hall–Kier alpha value is -3.49. The zero-order valence-electron chi connectivity index (χ0n) is 22.4. The molecule has 1 aliphatic rings. The summed E-state index contributed by atoms with van der Waals surface area (Å²) >= 11 is 6.03. The molecule has 0 fully saturated rings. The molecule has 3 N–H and O–H groups in total. The summed E-state index contributed by atoms with van der Waals surface area (Å²) in [6.07, 6.45) is -4.99. The number of halogens is 4. The molecule has 0 saturated heterocycles. The molecule has 9 heteroatoms. The van der Waals surface area contributed by atoms with Crippen LogP contribution in [0.3, 0.4) is 0 Å². The van der Waals surface area contributed by atoms with Crippen LogP contribution in [-0.2, 0) is 0 Å². The Labute approximate surface area is 234 Å². The molecule has 4 aromatic rings. The Morgan fingerprint density at radius 1 is 1.02 bits per heavy atom. The predicted molar refractivity (Wildman–Crippen MR) is 152 cm³/mol. The van der Waals surface area contributed by atoms with Crippen molar-refractivity contribution in [2.75, 3.05) is 5.32 Å². The van der Waals surface area contributed by atoms with Crippen molar-refractivity contribution in [3.8, 4) is 11.4 Å². The van der Waals surface area contributed by atoms with E-state index in [2.05, 4.69) is 5.32 Å². The van der Waals surface area contributed by atoms with E-state index in [0.717, 1.165) is 0 Å². The van der Waals surface area contributed by atoms with Gasteiger partial charge in [0.1, 0.15) is 5.75 Å². The van der Waals surface area contributed by atoms with Gasteiger partial charge in [-0.05, 0) is 71.5 Å². The number of phenols is 1. The third-order valence-corrected chi connectivity index (χ3v) is 8.56. The van der Waals surface area contributed by atoms with Crippen LogP contribution < -0.4 is 10.9 Å². The van der Waals surface area contributed by atoms with Crippen molar-refractivity contribution < 1.29 is 23.4 Å². The van der Waals surface area contributed by atoms with Crippen LogP contribution in [0.25, 0.3) is 16.6 Å². The summed E-state index contributed by atoms with van der Waals surface area (Å²) in [5.74, 6) is -2.22. The molecule has 5 rings (SSSR count). The van der Waals surface area contributed by atoms with Crippen molar-refractivity contribution in [3.63, 3.8) is 0 Å². The van der Waals surface area contributed by atoms with Gasteiger partial charge in [-0.2, -0.15) is 13.2 Å². The first kappa shape index (κ1) is 28.1. The molecule has 1 aliphatic carbocycles. The van der Waals surface area contributed by atoms with E-state index < -0.39 is 29.7 Å². The van der Waals surface area contributed by atoms with E-state index in [-0.39, 0.29) is 22.8 Å². The smallest absolute Gasteiger partial charge is 0.419 e. The van der Waals surface area contributed by atoms with E-state index >= 15 is 0 Å². The summed E-state index contributed by atoms with van der Waals surface area (Å²) in [6, 6.07) is 16.1. The molecule has 0 spiro atoms. The average Bonchev–Trinajstić information content (AvgIpc) is 2.89. The van der Waals surface area contributed by atoms with Gasteiger partial charge >= 0.3 is 6.18 Å². The maximum atomic E-state index is 14.8. The fraction of sp³-hybridized carbons (Fsp3) is 0.323. The lowest BCUT2D eigenvalue weighted by atomic mass is 9.63. The highest BCUT2D eigenvalue weighted by atomic mass is 35.5. The van der Waals surface area contributed by atoms with Crippen molar-refractivity contribution in [1.29, 1.82) is 0 Å². The lowest BCUT2D eigenvalue weighted by Gasteiger charge is -2.49. The van der Waals surface area contributed by atoms with Gasteiger partial charge in [-0.15, -0.1) is 0 Å². The number of nitrogens with one attached hydrogen (secondary N) is 1. The number of aliphatic hydroxyl groups is 1. The lowest BCUT2D eigenvalue weighted by molar-refractivity contribution is -0.289. The summed E-state index contributed by atoms with van der Waals surface area (Å²) in [7, 11) is 0. The number of anilines is 1. The number of hydrogen-bond acceptors (Lipinski definition) is 4. The summed E-state index contributed by atoms with van der Waals surface area (Å²) in [4.78, 5) is 12.9. The van der Waals surface area contributed by atoms with Crippen molar-refractivity contribution in [2.45, 2.75) is 57.3 Å². The fourth-order valence-electron chi connectivity index (χ4n) is 5.90. The van der Waals surface area contributed by atoms with Gasteiger partial charge in [0.05, 0.1) is 11.6 Å². The van der Waals surface area contributed by atoms with Gasteiger partial charge in [-0.25, -0.2) is 0 Å². The summed E-state index contributed by atoms with van der Waals surface area (Å²) in [5.41, 5.74) is -0.949. The zero-order chi connectivity index (χ0) is 29.1. The zero-order valence-corrected chi connectivity index (χ0v) is 23.2. The van der Waals surface area contributed by atoms with E-state index in [9.17, 15) is 28.2 Å². The van der Waals surface area contributed by atoms with Crippen LogP contribution in [-0.4, -0.2) is 26.6 Å². The minimum absolute atomic E-state index is 0.0724. The molecule has 3 aromatic carbocycles. The van der Waals surface area contributed by atoms with Gasteiger partial charge in [0.15, 0.2) is 5.60 Å². The summed E-state index contributed by atoms with van der Waals surface area (Å²) in [5, 5.41) is 26.5. The third kappa shape index (κ3) is 4.34. The molecule has 0 radical (unpaired) electrons. The van der Waals surface area contributed by atoms with Crippen LogP contribution in [0.4, 0.5) is 18.9 Å². The molecular weight excluding hydrogens is 541 g/mol. The number of phenolic OH excluding ortho intramolecular Hbond substituents is 1. The van der Waals surface area contributed by atoms with Gasteiger partial charge in [-0.1, -0.05) is 51.4 Å². The van der Waals surface area contributed by atoms with Crippen molar-refractivity contribution in [2.24, 2.45) is 5.92 Å². The number of hydrogen-bond donors (Lipinski definition) is 3. The van der Waals surface area contributed by atoms with Gasteiger partial charge in [0, 0.05) is 39.3 Å². The number of benzene rings is 3. The lowest BCUT2D eigenvalue weighted by Crippen LogP contribution is -2.60. The first-order chi connectivity index (χ1) is 18.8. The molecule has 0 unspecified atom stereocenters. The quantitative estimate of drug-likeness (QED) is 0.235. The number of nitrogens with zero attached hydrogens (tertiary/aromatic N) is 1. The molecule has 0 aliphatic heterocycles. The molecule has 0 bridgehead atoms. The molecular formula is C31H30ClF3N2O3.